The third kappa shape index (κ3) is 4.65. The highest BCUT2D eigenvalue weighted by atomic mass is 16.5. The summed E-state index contributed by atoms with van der Waals surface area (Å²) in [6, 6.07) is 10.2. The average molecular weight is 603 g/mol. The zero-order chi connectivity index (χ0) is 31.7. The Bertz CT molecular complexity index is 1280. The molecule has 1 aromatic rings. The first-order chi connectivity index (χ1) is 20.7. The molecule has 4 heteroatoms. The lowest BCUT2D eigenvalue weighted by molar-refractivity contribution is -0.251. The fraction of sp³-hybridized carbons (Fsp3) is 0.750. The van der Waals surface area contributed by atoms with Gasteiger partial charge in [-0.15, -0.1) is 6.58 Å². The fourth-order valence-corrected chi connectivity index (χ4v) is 13.0. The number of allylic oxidation sites excluding steroid dienone is 1. The molecule has 0 heterocycles. The van der Waals surface area contributed by atoms with Gasteiger partial charge in [0.2, 0.25) is 0 Å². The zero-order valence-electron chi connectivity index (χ0n) is 28.7. The van der Waals surface area contributed by atoms with Gasteiger partial charge >= 0.3 is 11.9 Å². The van der Waals surface area contributed by atoms with Crippen molar-refractivity contribution in [2.75, 3.05) is 0 Å². The number of hydrogen-bond donors (Lipinski definition) is 0. The molecule has 5 saturated carbocycles. The fourth-order valence-electron chi connectivity index (χ4n) is 13.0. The van der Waals surface area contributed by atoms with E-state index in [1.807, 2.05) is 18.2 Å². The van der Waals surface area contributed by atoms with Crippen molar-refractivity contribution in [3.63, 3.8) is 0 Å². The Morgan fingerprint density at radius 1 is 0.818 bits per heavy atom. The minimum atomic E-state index is -0.368. The van der Waals surface area contributed by atoms with E-state index in [1.54, 1.807) is 6.92 Å². The van der Waals surface area contributed by atoms with E-state index in [0.717, 1.165) is 50.5 Å². The van der Waals surface area contributed by atoms with Crippen LogP contribution in [0.4, 0.5) is 0 Å². The van der Waals surface area contributed by atoms with Gasteiger partial charge in [0.1, 0.15) is 12.7 Å². The first-order valence-corrected chi connectivity index (χ1v) is 17.7. The minimum Gasteiger partial charge on any atom is -0.462 e. The molecule has 5 aliphatic rings. The summed E-state index contributed by atoms with van der Waals surface area (Å²) in [5.74, 6) is 2.50. The first kappa shape index (κ1) is 31.9. The summed E-state index contributed by atoms with van der Waals surface area (Å²) in [4.78, 5) is 26.3. The number of hydrogen-bond acceptors (Lipinski definition) is 4. The minimum absolute atomic E-state index is 0.00735. The standard InChI is InChI=1S/C40H58O4/c1-26(2)24-29-16-21-40(35(42)43-25-28-12-10-9-11-13-28)23-22-38(7)30(34(29)40)14-15-32-37(6)19-18-33(44-27(3)41)36(4,5)31(37)17-20-39(32,38)8/h9-13,29-34H,1,14-25H2,2-8H3. The van der Waals surface area contributed by atoms with Crippen molar-refractivity contribution >= 4 is 11.9 Å². The topological polar surface area (TPSA) is 52.6 Å². The highest BCUT2D eigenvalue weighted by Crippen LogP contribution is 2.77. The second-order valence-electron chi connectivity index (χ2n) is 17.3. The Labute approximate surface area is 267 Å². The molecular formula is C40H58O4. The van der Waals surface area contributed by atoms with E-state index in [-0.39, 0.29) is 45.1 Å². The maximum atomic E-state index is 14.3. The van der Waals surface area contributed by atoms with E-state index >= 15 is 0 Å². The summed E-state index contributed by atoms with van der Waals surface area (Å²) in [7, 11) is 0. The van der Waals surface area contributed by atoms with Crippen LogP contribution in [0.1, 0.15) is 125 Å². The number of fused-ring (bicyclic) bond motifs is 7. The number of benzene rings is 1. The maximum Gasteiger partial charge on any atom is 0.312 e. The van der Waals surface area contributed by atoms with Crippen LogP contribution in [-0.4, -0.2) is 18.0 Å². The van der Waals surface area contributed by atoms with Crippen LogP contribution in [0, 0.1) is 56.7 Å². The molecule has 1 aromatic carbocycles. The van der Waals surface area contributed by atoms with Gasteiger partial charge in [-0.05, 0) is 129 Å². The van der Waals surface area contributed by atoms with E-state index in [0.29, 0.717) is 36.2 Å². The van der Waals surface area contributed by atoms with Gasteiger partial charge in [-0.1, -0.05) is 70.5 Å². The summed E-state index contributed by atoms with van der Waals surface area (Å²) >= 11 is 0. The van der Waals surface area contributed by atoms with Crippen molar-refractivity contribution < 1.29 is 19.1 Å². The summed E-state index contributed by atoms with van der Waals surface area (Å²) in [5.41, 5.74) is 2.56. The molecule has 0 bridgehead atoms. The predicted octanol–water partition coefficient (Wildman–Crippen LogP) is 9.71. The Kier molecular flexibility index (Phi) is 7.97. The van der Waals surface area contributed by atoms with Gasteiger partial charge in [-0.25, -0.2) is 0 Å². The van der Waals surface area contributed by atoms with E-state index < -0.39 is 0 Å². The summed E-state index contributed by atoms with van der Waals surface area (Å²) in [6.07, 6.45) is 12.1. The second-order valence-corrected chi connectivity index (χ2v) is 17.3. The molecule has 10 unspecified atom stereocenters. The molecule has 0 amide bonds. The molecule has 0 radical (unpaired) electrons. The second kappa shape index (κ2) is 11.0. The van der Waals surface area contributed by atoms with Crippen molar-refractivity contribution in [1.82, 2.24) is 0 Å². The molecule has 4 nitrogen and oxygen atoms in total. The highest BCUT2D eigenvalue weighted by Gasteiger charge is 2.72. The molecule has 0 spiro atoms. The SMILES string of the molecule is C=C(C)CC1CCC2(C(=O)OCc3ccccc3)CCC3(C)C(CCC4C5(C)CCC(OC(C)=O)C(C)(C)C5CCC43C)C12. The average Bonchev–Trinajstić information content (AvgIpc) is 3.33. The van der Waals surface area contributed by atoms with E-state index in [4.69, 9.17) is 9.47 Å². The van der Waals surface area contributed by atoms with Crippen LogP contribution in [0.25, 0.3) is 0 Å². The molecule has 0 aliphatic heterocycles. The van der Waals surface area contributed by atoms with Gasteiger partial charge in [0.05, 0.1) is 5.41 Å². The molecule has 6 rings (SSSR count). The molecule has 242 valence electrons. The predicted molar refractivity (Wildman–Crippen MR) is 175 cm³/mol. The van der Waals surface area contributed by atoms with Crippen LogP contribution in [-0.2, 0) is 25.7 Å². The van der Waals surface area contributed by atoms with Gasteiger partial charge in [0.25, 0.3) is 0 Å². The van der Waals surface area contributed by atoms with Crippen LogP contribution in [0.3, 0.4) is 0 Å². The monoisotopic (exact) mass is 602 g/mol. The van der Waals surface area contributed by atoms with Gasteiger partial charge in [-0.3, -0.25) is 9.59 Å². The van der Waals surface area contributed by atoms with Gasteiger partial charge < -0.3 is 9.47 Å². The number of rotatable bonds is 6. The number of ether oxygens (including phenoxy) is 2. The quantitative estimate of drug-likeness (QED) is 0.240. The summed E-state index contributed by atoms with van der Waals surface area (Å²) in [6.45, 7) is 21.1. The third-order valence-corrected chi connectivity index (χ3v) is 15.0. The molecule has 44 heavy (non-hydrogen) atoms. The van der Waals surface area contributed by atoms with Crippen molar-refractivity contribution in [2.24, 2.45) is 56.7 Å². The van der Waals surface area contributed by atoms with E-state index in [2.05, 4.69) is 60.3 Å². The molecule has 0 aromatic heterocycles. The van der Waals surface area contributed by atoms with Crippen molar-refractivity contribution in [1.29, 1.82) is 0 Å². The molecule has 5 fully saturated rings. The van der Waals surface area contributed by atoms with Crippen LogP contribution in [0.5, 0.6) is 0 Å². The Morgan fingerprint density at radius 3 is 2.23 bits per heavy atom. The highest BCUT2D eigenvalue weighted by molar-refractivity contribution is 5.78. The Hall–Kier alpha value is -2.10. The third-order valence-electron chi connectivity index (χ3n) is 15.0. The molecule has 10 atom stereocenters. The van der Waals surface area contributed by atoms with Crippen molar-refractivity contribution in [3.8, 4) is 0 Å². The van der Waals surface area contributed by atoms with Gasteiger partial charge in [0, 0.05) is 12.3 Å². The van der Waals surface area contributed by atoms with E-state index in [9.17, 15) is 9.59 Å². The van der Waals surface area contributed by atoms with E-state index in [1.165, 1.54) is 31.3 Å². The number of carbonyl (C=O) groups excluding carboxylic acids is 2. The number of esters is 2. The van der Waals surface area contributed by atoms with Crippen molar-refractivity contribution in [2.45, 2.75) is 132 Å². The Morgan fingerprint density at radius 2 is 1.55 bits per heavy atom. The van der Waals surface area contributed by atoms with Crippen molar-refractivity contribution in [3.05, 3.63) is 48.0 Å². The maximum absolute atomic E-state index is 14.3. The van der Waals surface area contributed by atoms with Gasteiger partial charge in [0.15, 0.2) is 0 Å². The van der Waals surface area contributed by atoms with Crippen LogP contribution >= 0.6 is 0 Å². The Balaban J connectivity index is 1.32. The first-order valence-electron chi connectivity index (χ1n) is 17.7. The lowest BCUT2D eigenvalue weighted by Crippen LogP contribution is -2.67. The lowest BCUT2D eigenvalue weighted by atomic mass is 9.32. The summed E-state index contributed by atoms with van der Waals surface area (Å²) < 4.78 is 12.2. The molecular weight excluding hydrogens is 544 g/mol. The summed E-state index contributed by atoms with van der Waals surface area (Å²) in [5, 5.41) is 0. The molecule has 5 aliphatic carbocycles. The smallest absolute Gasteiger partial charge is 0.312 e. The van der Waals surface area contributed by atoms with Crippen LogP contribution < -0.4 is 0 Å². The largest absolute Gasteiger partial charge is 0.462 e. The van der Waals surface area contributed by atoms with Crippen LogP contribution in [0.2, 0.25) is 0 Å². The van der Waals surface area contributed by atoms with Crippen LogP contribution in [0.15, 0.2) is 42.5 Å². The van der Waals surface area contributed by atoms with Gasteiger partial charge in [-0.2, -0.15) is 0 Å². The normalized spacial score (nSPS) is 43.9. The number of carbonyl (C=O) groups is 2. The molecule has 0 N–H and O–H groups in total. The molecule has 0 saturated heterocycles. The zero-order valence-corrected chi connectivity index (χ0v) is 28.7. The lowest BCUT2D eigenvalue weighted by Gasteiger charge is -2.72.